The van der Waals surface area contributed by atoms with Crippen molar-refractivity contribution in [3.63, 3.8) is 0 Å². The molecule has 0 fully saturated rings. The first-order chi connectivity index (χ1) is 9.15. The number of methoxy groups -OCH3 is 1. The third-order valence-electron chi connectivity index (χ3n) is 2.73. The predicted octanol–water partition coefficient (Wildman–Crippen LogP) is 1.56. The SMILES string of the molecule is CCN(C(=O)c1sccc1C#CCN)C(C)COC. The lowest BCUT2D eigenvalue weighted by atomic mass is 10.2. The van der Waals surface area contributed by atoms with Crippen molar-refractivity contribution in [2.75, 3.05) is 26.8 Å². The highest BCUT2D eigenvalue weighted by Crippen LogP contribution is 2.19. The van der Waals surface area contributed by atoms with Gasteiger partial charge in [0.15, 0.2) is 0 Å². The summed E-state index contributed by atoms with van der Waals surface area (Å²) >= 11 is 1.41. The molecule has 0 spiro atoms. The van der Waals surface area contributed by atoms with Gasteiger partial charge in [0, 0.05) is 19.2 Å². The van der Waals surface area contributed by atoms with E-state index in [1.54, 1.807) is 12.0 Å². The van der Waals surface area contributed by atoms with E-state index in [0.29, 0.717) is 24.6 Å². The fraction of sp³-hybridized carbons (Fsp3) is 0.500. The van der Waals surface area contributed by atoms with E-state index in [0.717, 1.165) is 5.56 Å². The maximum atomic E-state index is 12.5. The van der Waals surface area contributed by atoms with Gasteiger partial charge in [-0.15, -0.1) is 11.3 Å². The van der Waals surface area contributed by atoms with Crippen molar-refractivity contribution in [2.24, 2.45) is 5.73 Å². The van der Waals surface area contributed by atoms with E-state index in [1.165, 1.54) is 11.3 Å². The summed E-state index contributed by atoms with van der Waals surface area (Å²) in [7, 11) is 1.64. The molecule has 0 radical (unpaired) electrons. The third kappa shape index (κ3) is 4.06. The van der Waals surface area contributed by atoms with Gasteiger partial charge in [-0.2, -0.15) is 0 Å². The second kappa shape index (κ2) is 7.95. The topological polar surface area (TPSA) is 55.6 Å². The highest BCUT2D eigenvalue weighted by Gasteiger charge is 2.22. The number of likely N-dealkylation sites (N-methyl/N-ethyl adjacent to an activating group) is 1. The molecule has 2 N–H and O–H groups in total. The van der Waals surface area contributed by atoms with Crippen molar-refractivity contribution >= 4 is 17.2 Å². The molecule has 0 aliphatic rings. The summed E-state index contributed by atoms with van der Waals surface area (Å²) in [5.74, 6) is 5.73. The van der Waals surface area contributed by atoms with Gasteiger partial charge >= 0.3 is 0 Å². The first-order valence-electron chi connectivity index (χ1n) is 6.22. The zero-order valence-corrected chi connectivity index (χ0v) is 12.4. The Kier molecular flexibility index (Phi) is 6.57. The maximum Gasteiger partial charge on any atom is 0.265 e. The Bertz CT molecular complexity index is 473. The van der Waals surface area contributed by atoms with Gasteiger partial charge in [-0.05, 0) is 25.3 Å². The van der Waals surface area contributed by atoms with Gasteiger partial charge in [-0.25, -0.2) is 0 Å². The molecule has 1 aromatic rings. The van der Waals surface area contributed by atoms with E-state index in [9.17, 15) is 4.79 Å². The molecule has 1 aromatic heterocycles. The molecular weight excluding hydrogens is 260 g/mol. The van der Waals surface area contributed by atoms with Crippen LogP contribution in [0.15, 0.2) is 11.4 Å². The van der Waals surface area contributed by atoms with Gasteiger partial charge in [0.25, 0.3) is 5.91 Å². The van der Waals surface area contributed by atoms with Gasteiger partial charge in [0.1, 0.15) is 4.88 Å². The molecule has 1 rings (SSSR count). The minimum absolute atomic E-state index is 0.00312. The zero-order chi connectivity index (χ0) is 14.3. The molecule has 0 aliphatic carbocycles. The van der Waals surface area contributed by atoms with Crippen LogP contribution in [0.25, 0.3) is 0 Å². The quantitative estimate of drug-likeness (QED) is 0.833. The van der Waals surface area contributed by atoms with Crippen molar-refractivity contribution in [2.45, 2.75) is 19.9 Å². The minimum atomic E-state index is 0.00312. The lowest BCUT2D eigenvalue weighted by Gasteiger charge is -2.27. The van der Waals surface area contributed by atoms with E-state index in [1.807, 2.05) is 25.3 Å². The van der Waals surface area contributed by atoms with Crippen LogP contribution in [-0.2, 0) is 4.74 Å². The molecule has 1 unspecified atom stereocenters. The molecular formula is C14H20N2O2S. The first-order valence-corrected chi connectivity index (χ1v) is 7.10. The second-order valence-electron chi connectivity index (χ2n) is 4.06. The molecule has 0 bridgehead atoms. The summed E-state index contributed by atoms with van der Waals surface area (Å²) in [6.07, 6.45) is 0. The Morgan fingerprint density at radius 2 is 2.37 bits per heavy atom. The van der Waals surface area contributed by atoms with E-state index in [2.05, 4.69) is 11.8 Å². The Balaban J connectivity index is 2.95. The number of nitrogens with two attached hydrogens (primary N) is 1. The molecule has 1 heterocycles. The standard InChI is InChI=1S/C14H20N2O2S/c1-4-16(11(2)10-18-3)14(17)13-12(6-5-8-15)7-9-19-13/h7,9,11H,4,8,10,15H2,1-3H3. The number of thiophene rings is 1. The largest absolute Gasteiger partial charge is 0.383 e. The number of ether oxygens (including phenoxy) is 1. The molecule has 19 heavy (non-hydrogen) atoms. The number of nitrogens with zero attached hydrogens (tertiary/aromatic N) is 1. The monoisotopic (exact) mass is 280 g/mol. The summed E-state index contributed by atoms with van der Waals surface area (Å²) in [6, 6.07) is 1.90. The number of hydrogen-bond donors (Lipinski definition) is 1. The van der Waals surface area contributed by atoms with Crippen LogP contribution < -0.4 is 5.73 Å². The Morgan fingerprint density at radius 1 is 1.63 bits per heavy atom. The van der Waals surface area contributed by atoms with Crippen LogP contribution in [0.4, 0.5) is 0 Å². The van der Waals surface area contributed by atoms with E-state index >= 15 is 0 Å². The lowest BCUT2D eigenvalue weighted by molar-refractivity contribution is 0.0583. The van der Waals surface area contributed by atoms with Gasteiger partial charge in [0.2, 0.25) is 0 Å². The highest BCUT2D eigenvalue weighted by atomic mass is 32.1. The van der Waals surface area contributed by atoms with E-state index in [4.69, 9.17) is 10.5 Å². The molecule has 0 aliphatic heterocycles. The zero-order valence-electron chi connectivity index (χ0n) is 11.6. The number of rotatable bonds is 5. The Morgan fingerprint density at radius 3 is 2.95 bits per heavy atom. The smallest absolute Gasteiger partial charge is 0.265 e. The summed E-state index contributed by atoms with van der Waals surface area (Å²) in [4.78, 5) is 15.0. The highest BCUT2D eigenvalue weighted by molar-refractivity contribution is 7.12. The summed E-state index contributed by atoms with van der Waals surface area (Å²) in [5, 5.41) is 1.88. The molecule has 0 aromatic carbocycles. The first kappa shape index (κ1) is 15.7. The molecule has 0 saturated carbocycles. The van der Waals surface area contributed by atoms with Crippen LogP contribution in [0.5, 0.6) is 0 Å². The van der Waals surface area contributed by atoms with Gasteiger partial charge in [-0.1, -0.05) is 11.8 Å². The van der Waals surface area contributed by atoms with Crippen LogP contribution in [0.3, 0.4) is 0 Å². The van der Waals surface area contributed by atoms with Gasteiger partial charge in [0.05, 0.1) is 19.2 Å². The lowest BCUT2D eigenvalue weighted by Crippen LogP contribution is -2.40. The average Bonchev–Trinajstić information content (AvgIpc) is 2.85. The molecule has 0 saturated heterocycles. The van der Waals surface area contributed by atoms with Gasteiger partial charge < -0.3 is 15.4 Å². The van der Waals surface area contributed by atoms with Crippen LogP contribution >= 0.6 is 11.3 Å². The fourth-order valence-corrected chi connectivity index (χ4v) is 2.64. The summed E-state index contributed by atoms with van der Waals surface area (Å²) < 4.78 is 5.11. The van der Waals surface area contributed by atoms with Crippen molar-refractivity contribution in [3.8, 4) is 11.8 Å². The maximum absolute atomic E-state index is 12.5. The molecule has 5 heteroatoms. The summed E-state index contributed by atoms with van der Waals surface area (Å²) in [5.41, 5.74) is 6.12. The average molecular weight is 280 g/mol. The second-order valence-corrected chi connectivity index (χ2v) is 4.98. The van der Waals surface area contributed by atoms with E-state index < -0.39 is 0 Å². The van der Waals surface area contributed by atoms with Crippen LogP contribution in [0.2, 0.25) is 0 Å². The molecule has 1 atom stereocenters. The normalized spacial score (nSPS) is 11.6. The van der Waals surface area contributed by atoms with Crippen LogP contribution in [0.1, 0.15) is 29.1 Å². The van der Waals surface area contributed by atoms with Crippen molar-refractivity contribution in [1.29, 1.82) is 0 Å². The number of hydrogen-bond acceptors (Lipinski definition) is 4. The summed E-state index contributed by atoms with van der Waals surface area (Å²) in [6.45, 7) is 5.40. The predicted molar refractivity (Wildman–Crippen MR) is 78.3 cm³/mol. The minimum Gasteiger partial charge on any atom is -0.383 e. The number of carbonyl (C=O) groups is 1. The third-order valence-corrected chi connectivity index (χ3v) is 3.63. The van der Waals surface area contributed by atoms with Crippen LogP contribution in [-0.4, -0.2) is 43.7 Å². The molecule has 104 valence electrons. The van der Waals surface area contributed by atoms with Crippen LogP contribution in [0, 0.1) is 11.8 Å². The van der Waals surface area contributed by atoms with Crippen molar-refractivity contribution in [3.05, 3.63) is 21.9 Å². The van der Waals surface area contributed by atoms with Crippen molar-refractivity contribution in [1.82, 2.24) is 4.90 Å². The van der Waals surface area contributed by atoms with Gasteiger partial charge in [-0.3, -0.25) is 4.79 Å². The number of amides is 1. The fourth-order valence-electron chi connectivity index (χ4n) is 1.84. The number of carbonyl (C=O) groups excluding carboxylic acids is 1. The Hall–Kier alpha value is -1.35. The molecule has 4 nitrogen and oxygen atoms in total. The molecule has 1 amide bonds. The van der Waals surface area contributed by atoms with Crippen molar-refractivity contribution < 1.29 is 9.53 Å². The van der Waals surface area contributed by atoms with E-state index in [-0.39, 0.29) is 11.9 Å². The Labute approximate surface area is 118 Å².